The second-order valence-electron chi connectivity index (χ2n) is 7.12. The predicted octanol–water partition coefficient (Wildman–Crippen LogP) is 2.27. The van der Waals surface area contributed by atoms with Crippen LogP contribution in [0.5, 0.6) is 0 Å². The fourth-order valence-electron chi connectivity index (χ4n) is 3.71. The van der Waals surface area contributed by atoms with Crippen molar-refractivity contribution >= 4 is 11.7 Å². The van der Waals surface area contributed by atoms with Gasteiger partial charge in [0.1, 0.15) is 0 Å². The van der Waals surface area contributed by atoms with Crippen LogP contribution in [0.4, 0.5) is 10.5 Å². The summed E-state index contributed by atoms with van der Waals surface area (Å²) >= 11 is 0. The molecule has 2 saturated heterocycles. The lowest BCUT2D eigenvalue weighted by Gasteiger charge is -2.36. The average Bonchev–Trinajstić information content (AvgIpc) is 2.72. The lowest BCUT2D eigenvalue weighted by atomic mass is 10.1. The molecule has 0 radical (unpaired) electrons. The van der Waals surface area contributed by atoms with Crippen LogP contribution in [0, 0.1) is 11.3 Å². The van der Waals surface area contributed by atoms with Gasteiger partial charge >= 0.3 is 6.03 Å². The van der Waals surface area contributed by atoms with Crippen molar-refractivity contribution in [1.29, 1.82) is 5.26 Å². The van der Waals surface area contributed by atoms with Gasteiger partial charge in [0.25, 0.3) is 0 Å². The van der Waals surface area contributed by atoms with E-state index in [9.17, 15) is 4.79 Å². The van der Waals surface area contributed by atoms with Gasteiger partial charge in [-0.2, -0.15) is 5.26 Å². The zero-order valence-corrected chi connectivity index (χ0v) is 15.5. The Morgan fingerprint density at radius 2 is 1.69 bits per heavy atom. The number of amides is 2. The molecule has 1 aromatic carbocycles. The number of carbonyl (C=O) groups is 1. The fourth-order valence-corrected chi connectivity index (χ4v) is 3.71. The summed E-state index contributed by atoms with van der Waals surface area (Å²) in [4.78, 5) is 19.0. The highest BCUT2D eigenvalue weighted by Crippen LogP contribution is 2.17. The Kier molecular flexibility index (Phi) is 6.73. The van der Waals surface area contributed by atoms with Gasteiger partial charge in [0, 0.05) is 38.4 Å². The Labute approximate surface area is 156 Å². The lowest BCUT2D eigenvalue weighted by Crippen LogP contribution is -2.52. The van der Waals surface area contributed by atoms with E-state index < -0.39 is 0 Å². The Hall–Kier alpha value is -2.26. The van der Waals surface area contributed by atoms with Gasteiger partial charge < -0.3 is 20.0 Å². The number of nitrogens with zero attached hydrogens (tertiary/aromatic N) is 4. The average molecular weight is 355 g/mol. The van der Waals surface area contributed by atoms with Crippen LogP contribution in [0.25, 0.3) is 0 Å². The first-order valence-corrected chi connectivity index (χ1v) is 9.76. The highest BCUT2D eigenvalue weighted by Gasteiger charge is 2.21. The van der Waals surface area contributed by atoms with Crippen molar-refractivity contribution in [2.75, 3.05) is 57.3 Å². The first kappa shape index (κ1) is 18.5. The minimum atomic E-state index is 0.0584. The van der Waals surface area contributed by atoms with Gasteiger partial charge in [-0.05, 0) is 63.2 Å². The SMILES string of the molecule is N#Cc1ccc(N2CCN(C(=O)NCCCN3CCCCC3)CC2)cc1. The van der Waals surface area contributed by atoms with E-state index in [2.05, 4.69) is 21.2 Å². The third kappa shape index (κ3) is 5.12. The number of rotatable bonds is 5. The van der Waals surface area contributed by atoms with Crippen LogP contribution >= 0.6 is 0 Å². The Morgan fingerprint density at radius 3 is 2.35 bits per heavy atom. The maximum Gasteiger partial charge on any atom is 0.317 e. The van der Waals surface area contributed by atoms with Crippen LogP contribution in [-0.4, -0.2) is 68.2 Å². The van der Waals surface area contributed by atoms with E-state index in [0.717, 1.165) is 51.4 Å². The standard InChI is InChI=1S/C20H29N5O/c21-17-18-5-7-19(8-6-18)24-13-15-25(16-14-24)20(26)22-9-4-12-23-10-2-1-3-11-23/h5-8H,1-4,9-16H2,(H,22,26). The molecule has 0 saturated carbocycles. The Morgan fingerprint density at radius 1 is 1.00 bits per heavy atom. The number of urea groups is 1. The molecule has 2 fully saturated rings. The van der Waals surface area contributed by atoms with E-state index in [4.69, 9.17) is 5.26 Å². The first-order chi connectivity index (χ1) is 12.8. The molecule has 0 aliphatic carbocycles. The normalized spacial score (nSPS) is 18.4. The molecule has 0 atom stereocenters. The maximum absolute atomic E-state index is 12.3. The van der Waals surface area contributed by atoms with Crippen molar-refractivity contribution in [2.24, 2.45) is 0 Å². The van der Waals surface area contributed by atoms with Gasteiger partial charge in [-0.25, -0.2) is 4.79 Å². The molecule has 26 heavy (non-hydrogen) atoms. The molecular formula is C20H29N5O. The number of hydrogen-bond acceptors (Lipinski definition) is 4. The van der Waals surface area contributed by atoms with Crippen molar-refractivity contribution < 1.29 is 4.79 Å². The molecule has 0 bridgehead atoms. The lowest BCUT2D eigenvalue weighted by molar-refractivity contribution is 0.191. The van der Waals surface area contributed by atoms with Gasteiger partial charge in [-0.15, -0.1) is 0 Å². The molecule has 2 heterocycles. The molecule has 2 aliphatic rings. The van der Waals surface area contributed by atoms with Crippen LogP contribution in [-0.2, 0) is 0 Å². The highest BCUT2D eigenvalue weighted by molar-refractivity contribution is 5.74. The molecule has 3 rings (SSSR count). The second kappa shape index (κ2) is 9.44. The van der Waals surface area contributed by atoms with E-state index in [1.54, 1.807) is 0 Å². The summed E-state index contributed by atoms with van der Waals surface area (Å²) in [5.74, 6) is 0. The van der Waals surface area contributed by atoms with Gasteiger partial charge in [0.15, 0.2) is 0 Å². The molecular weight excluding hydrogens is 326 g/mol. The smallest absolute Gasteiger partial charge is 0.317 e. The van der Waals surface area contributed by atoms with E-state index >= 15 is 0 Å². The van der Waals surface area contributed by atoms with Crippen molar-refractivity contribution in [1.82, 2.24) is 15.1 Å². The van der Waals surface area contributed by atoms with Crippen molar-refractivity contribution in [3.8, 4) is 6.07 Å². The molecule has 0 unspecified atom stereocenters. The van der Waals surface area contributed by atoms with Gasteiger partial charge in [-0.1, -0.05) is 6.42 Å². The number of piperidine rings is 1. The Bertz CT molecular complexity index is 610. The molecule has 2 amide bonds. The number of anilines is 1. The maximum atomic E-state index is 12.3. The monoisotopic (exact) mass is 355 g/mol. The summed E-state index contributed by atoms with van der Waals surface area (Å²) in [6, 6.07) is 9.85. The second-order valence-corrected chi connectivity index (χ2v) is 7.12. The summed E-state index contributed by atoms with van der Waals surface area (Å²) in [7, 11) is 0. The van der Waals surface area contributed by atoms with Crippen LogP contribution < -0.4 is 10.2 Å². The number of hydrogen-bond donors (Lipinski definition) is 1. The predicted molar refractivity (Wildman–Crippen MR) is 103 cm³/mol. The molecule has 0 spiro atoms. The number of likely N-dealkylation sites (tertiary alicyclic amines) is 1. The van der Waals surface area contributed by atoms with E-state index in [-0.39, 0.29) is 6.03 Å². The zero-order valence-electron chi connectivity index (χ0n) is 15.5. The summed E-state index contributed by atoms with van der Waals surface area (Å²) < 4.78 is 0. The third-order valence-electron chi connectivity index (χ3n) is 5.30. The van der Waals surface area contributed by atoms with E-state index in [1.165, 1.54) is 32.4 Å². The number of benzene rings is 1. The summed E-state index contributed by atoms with van der Waals surface area (Å²) in [5.41, 5.74) is 1.79. The summed E-state index contributed by atoms with van der Waals surface area (Å²) in [5, 5.41) is 11.9. The molecule has 6 heteroatoms. The number of nitrogens with one attached hydrogen (secondary N) is 1. The molecule has 2 aliphatic heterocycles. The molecule has 1 N–H and O–H groups in total. The largest absolute Gasteiger partial charge is 0.368 e. The number of carbonyl (C=O) groups excluding carboxylic acids is 1. The first-order valence-electron chi connectivity index (χ1n) is 9.76. The molecule has 1 aromatic rings. The van der Waals surface area contributed by atoms with E-state index in [0.29, 0.717) is 5.56 Å². The third-order valence-corrected chi connectivity index (χ3v) is 5.30. The quantitative estimate of drug-likeness (QED) is 0.823. The Balaban J connectivity index is 1.34. The molecule has 6 nitrogen and oxygen atoms in total. The topological polar surface area (TPSA) is 62.6 Å². The van der Waals surface area contributed by atoms with Crippen molar-refractivity contribution in [2.45, 2.75) is 25.7 Å². The minimum Gasteiger partial charge on any atom is -0.368 e. The fraction of sp³-hybridized carbons (Fsp3) is 0.600. The van der Waals surface area contributed by atoms with Crippen LogP contribution in [0.2, 0.25) is 0 Å². The molecule has 0 aromatic heterocycles. The van der Waals surface area contributed by atoms with Gasteiger partial charge in [0.2, 0.25) is 0 Å². The molecule has 140 valence electrons. The van der Waals surface area contributed by atoms with Crippen LogP contribution in [0.1, 0.15) is 31.2 Å². The minimum absolute atomic E-state index is 0.0584. The van der Waals surface area contributed by atoms with Gasteiger partial charge in [-0.3, -0.25) is 0 Å². The van der Waals surface area contributed by atoms with E-state index in [1.807, 2.05) is 29.2 Å². The number of nitriles is 1. The summed E-state index contributed by atoms with van der Waals surface area (Å²) in [6.07, 6.45) is 5.02. The highest BCUT2D eigenvalue weighted by atomic mass is 16.2. The van der Waals surface area contributed by atoms with Crippen LogP contribution in [0.15, 0.2) is 24.3 Å². The number of piperazine rings is 1. The van der Waals surface area contributed by atoms with Gasteiger partial charge in [0.05, 0.1) is 11.6 Å². The zero-order chi connectivity index (χ0) is 18.2. The van der Waals surface area contributed by atoms with Crippen molar-refractivity contribution in [3.63, 3.8) is 0 Å². The summed E-state index contributed by atoms with van der Waals surface area (Å²) in [6.45, 7) is 7.39. The van der Waals surface area contributed by atoms with Crippen molar-refractivity contribution in [3.05, 3.63) is 29.8 Å². The van der Waals surface area contributed by atoms with Crippen LogP contribution in [0.3, 0.4) is 0 Å².